The van der Waals surface area contributed by atoms with E-state index in [1.807, 2.05) is 20.2 Å². The molecule has 0 spiro atoms. The van der Waals surface area contributed by atoms with Crippen LogP contribution in [-0.2, 0) is 0 Å². The van der Waals surface area contributed by atoms with Crippen LogP contribution in [0.4, 0.5) is 16.6 Å². The van der Waals surface area contributed by atoms with E-state index in [9.17, 15) is 4.79 Å². The lowest BCUT2D eigenvalue weighted by Crippen LogP contribution is -2.12. The fraction of sp³-hybridized carbons (Fsp3) is 0.167. The van der Waals surface area contributed by atoms with Crippen molar-refractivity contribution in [2.24, 2.45) is 0 Å². The molecule has 0 aliphatic carbocycles. The molecule has 0 saturated heterocycles. The summed E-state index contributed by atoms with van der Waals surface area (Å²) in [6.07, 6.45) is 0. The largest absolute Gasteiger partial charge is 0.382 e. The van der Waals surface area contributed by atoms with Gasteiger partial charge < -0.3 is 16.0 Å². The fourth-order valence-electron chi connectivity index (χ4n) is 1.44. The lowest BCUT2D eigenvalue weighted by Gasteiger charge is -2.07. The number of carbonyl (C=O) groups is 1. The maximum absolute atomic E-state index is 12.2. The molecule has 5 nitrogen and oxygen atoms in total. The molecule has 20 heavy (non-hydrogen) atoms. The van der Waals surface area contributed by atoms with Crippen LogP contribution in [-0.4, -0.2) is 25.0 Å². The van der Waals surface area contributed by atoms with E-state index in [1.54, 1.807) is 17.0 Å². The molecule has 0 bridgehead atoms. The average molecular weight is 423 g/mol. The van der Waals surface area contributed by atoms with E-state index in [1.165, 1.54) is 11.3 Å². The minimum absolute atomic E-state index is 0.220. The summed E-state index contributed by atoms with van der Waals surface area (Å²) in [6.45, 7) is 0. The van der Waals surface area contributed by atoms with Crippen molar-refractivity contribution in [3.05, 3.63) is 31.7 Å². The molecule has 0 atom stereocenters. The van der Waals surface area contributed by atoms with E-state index in [0.717, 1.165) is 3.57 Å². The molecule has 0 aliphatic rings. The summed E-state index contributed by atoms with van der Waals surface area (Å²) in [5.74, 6) is -0.0888. The topological polar surface area (TPSA) is 71.2 Å². The maximum atomic E-state index is 12.2. The van der Waals surface area contributed by atoms with Gasteiger partial charge in [0.25, 0.3) is 5.91 Å². The van der Waals surface area contributed by atoms with E-state index < -0.39 is 0 Å². The molecule has 0 aliphatic heterocycles. The first-order chi connectivity index (χ1) is 9.38. The van der Waals surface area contributed by atoms with Crippen molar-refractivity contribution in [3.8, 4) is 0 Å². The zero-order valence-electron chi connectivity index (χ0n) is 10.8. The summed E-state index contributed by atoms with van der Waals surface area (Å²) in [4.78, 5) is 18.5. The predicted molar refractivity (Wildman–Crippen MR) is 93.0 cm³/mol. The fourth-order valence-corrected chi connectivity index (χ4v) is 3.15. The van der Waals surface area contributed by atoms with E-state index in [-0.39, 0.29) is 11.7 Å². The van der Waals surface area contributed by atoms with Gasteiger partial charge in [0, 0.05) is 17.7 Å². The molecular formula is C12H12ClIN4OS. The van der Waals surface area contributed by atoms with Crippen LogP contribution in [0.3, 0.4) is 0 Å². The number of nitrogens with zero attached hydrogens (tertiary/aromatic N) is 2. The molecule has 0 unspecified atom stereocenters. The first-order valence-electron chi connectivity index (χ1n) is 5.58. The van der Waals surface area contributed by atoms with Gasteiger partial charge in [-0.05, 0) is 40.8 Å². The average Bonchev–Trinajstić information content (AvgIpc) is 2.75. The third kappa shape index (κ3) is 3.33. The first kappa shape index (κ1) is 15.3. The molecule has 1 aromatic carbocycles. The summed E-state index contributed by atoms with van der Waals surface area (Å²) >= 11 is 9.48. The number of carbonyl (C=O) groups excluding carboxylic acids is 1. The Kier molecular flexibility index (Phi) is 4.71. The number of amides is 1. The molecule has 0 radical (unpaired) electrons. The Hall–Kier alpha value is -1.06. The Balaban J connectivity index is 2.24. The molecule has 1 heterocycles. The van der Waals surface area contributed by atoms with Crippen LogP contribution in [0.2, 0.25) is 5.02 Å². The number of hydrogen-bond acceptors (Lipinski definition) is 5. The summed E-state index contributed by atoms with van der Waals surface area (Å²) in [5.41, 5.74) is 6.33. The van der Waals surface area contributed by atoms with Crippen LogP contribution >= 0.6 is 45.5 Å². The Bertz CT molecular complexity index is 659. The van der Waals surface area contributed by atoms with Gasteiger partial charge in [0.05, 0.1) is 10.7 Å². The minimum atomic E-state index is -0.309. The van der Waals surface area contributed by atoms with Crippen molar-refractivity contribution >= 4 is 68.1 Å². The Morgan fingerprint density at radius 3 is 2.75 bits per heavy atom. The van der Waals surface area contributed by atoms with Crippen molar-refractivity contribution in [1.29, 1.82) is 0 Å². The number of hydrogen-bond donors (Lipinski definition) is 2. The van der Waals surface area contributed by atoms with Gasteiger partial charge in [-0.15, -0.1) is 0 Å². The number of rotatable bonds is 3. The van der Waals surface area contributed by atoms with Gasteiger partial charge in [0.15, 0.2) is 5.13 Å². The van der Waals surface area contributed by atoms with E-state index >= 15 is 0 Å². The maximum Gasteiger partial charge on any atom is 0.269 e. The molecule has 2 aromatic rings. The Morgan fingerprint density at radius 1 is 1.50 bits per heavy atom. The van der Waals surface area contributed by atoms with Gasteiger partial charge in [-0.1, -0.05) is 22.9 Å². The molecule has 106 valence electrons. The number of nitrogens with one attached hydrogen (secondary N) is 1. The second kappa shape index (κ2) is 6.15. The second-order valence-electron chi connectivity index (χ2n) is 4.18. The lowest BCUT2D eigenvalue weighted by atomic mass is 10.3. The van der Waals surface area contributed by atoms with Crippen LogP contribution in [0, 0.1) is 3.57 Å². The van der Waals surface area contributed by atoms with E-state index in [0.29, 0.717) is 20.7 Å². The molecular weight excluding hydrogens is 411 g/mol. The van der Waals surface area contributed by atoms with Crippen molar-refractivity contribution in [2.75, 3.05) is 30.0 Å². The minimum Gasteiger partial charge on any atom is -0.382 e. The Labute approximate surface area is 139 Å². The number of nitrogen functional groups attached to an aromatic ring is 1. The van der Waals surface area contributed by atoms with Crippen molar-refractivity contribution in [1.82, 2.24) is 4.98 Å². The zero-order chi connectivity index (χ0) is 14.9. The monoisotopic (exact) mass is 422 g/mol. The SMILES string of the molecule is CN(C)c1nc(N)c(C(=O)Nc2ccc(I)cc2Cl)s1. The third-order valence-corrected chi connectivity index (χ3v) is 4.63. The number of thiazole rings is 1. The summed E-state index contributed by atoms with van der Waals surface area (Å²) < 4.78 is 0.998. The van der Waals surface area contributed by atoms with Crippen LogP contribution in [0.1, 0.15) is 9.67 Å². The zero-order valence-corrected chi connectivity index (χ0v) is 14.5. The first-order valence-corrected chi connectivity index (χ1v) is 7.86. The number of benzene rings is 1. The van der Waals surface area contributed by atoms with Crippen molar-refractivity contribution in [2.45, 2.75) is 0 Å². The highest BCUT2D eigenvalue weighted by Crippen LogP contribution is 2.29. The van der Waals surface area contributed by atoms with Gasteiger partial charge in [0.1, 0.15) is 10.7 Å². The van der Waals surface area contributed by atoms with Crippen LogP contribution in [0.5, 0.6) is 0 Å². The number of nitrogens with two attached hydrogens (primary N) is 1. The molecule has 0 saturated carbocycles. The van der Waals surface area contributed by atoms with E-state index in [2.05, 4.69) is 32.9 Å². The quantitative estimate of drug-likeness (QED) is 0.745. The second-order valence-corrected chi connectivity index (χ2v) is 6.81. The molecule has 1 aromatic heterocycles. The summed E-state index contributed by atoms with van der Waals surface area (Å²) in [7, 11) is 3.69. The van der Waals surface area contributed by atoms with Crippen LogP contribution in [0.15, 0.2) is 18.2 Å². The van der Waals surface area contributed by atoms with Crippen LogP contribution in [0.25, 0.3) is 0 Å². The van der Waals surface area contributed by atoms with Crippen molar-refractivity contribution in [3.63, 3.8) is 0 Å². The van der Waals surface area contributed by atoms with Crippen molar-refractivity contribution < 1.29 is 4.79 Å². The molecule has 3 N–H and O–H groups in total. The van der Waals surface area contributed by atoms with Gasteiger partial charge in [0.2, 0.25) is 0 Å². The van der Waals surface area contributed by atoms with Gasteiger partial charge >= 0.3 is 0 Å². The standard InChI is InChI=1S/C12H12ClIN4OS/c1-18(2)12-17-10(15)9(20-12)11(19)16-8-4-3-6(14)5-7(8)13/h3-5H,15H2,1-2H3,(H,16,19). The van der Waals surface area contributed by atoms with E-state index in [4.69, 9.17) is 17.3 Å². The smallest absolute Gasteiger partial charge is 0.269 e. The Morgan fingerprint density at radius 2 is 2.20 bits per heavy atom. The summed E-state index contributed by atoms with van der Waals surface area (Å²) in [6, 6.07) is 5.40. The molecule has 8 heteroatoms. The van der Waals surface area contributed by atoms with Crippen LogP contribution < -0.4 is 16.0 Å². The van der Waals surface area contributed by atoms with Gasteiger partial charge in [-0.3, -0.25) is 4.79 Å². The normalized spacial score (nSPS) is 10.4. The number of aromatic nitrogens is 1. The molecule has 2 rings (SSSR count). The third-order valence-electron chi connectivity index (χ3n) is 2.41. The lowest BCUT2D eigenvalue weighted by molar-refractivity contribution is 0.103. The summed E-state index contributed by atoms with van der Waals surface area (Å²) in [5, 5.41) is 3.91. The predicted octanol–water partition coefficient (Wildman–Crippen LogP) is 3.30. The molecule has 1 amide bonds. The number of anilines is 3. The van der Waals surface area contributed by atoms with Gasteiger partial charge in [-0.25, -0.2) is 4.98 Å². The molecule has 0 fully saturated rings. The highest BCUT2D eigenvalue weighted by Gasteiger charge is 2.18. The highest BCUT2D eigenvalue weighted by atomic mass is 127. The highest BCUT2D eigenvalue weighted by molar-refractivity contribution is 14.1. The number of halogens is 2. The van der Waals surface area contributed by atoms with Gasteiger partial charge in [-0.2, -0.15) is 0 Å².